The molecule has 0 aromatic heterocycles. The molecule has 1 fully saturated rings. The van der Waals surface area contributed by atoms with Crippen LogP contribution in [0.3, 0.4) is 0 Å². The van der Waals surface area contributed by atoms with E-state index in [0.29, 0.717) is 19.6 Å². The van der Waals surface area contributed by atoms with E-state index in [0.717, 1.165) is 19.4 Å². The molecule has 6 nitrogen and oxygen atoms in total. The normalized spacial score (nSPS) is 19.3. The van der Waals surface area contributed by atoms with Crippen molar-refractivity contribution < 1.29 is 14.7 Å². The number of amides is 2. The van der Waals surface area contributed by atoms with Gasteiger partial charge in [0, 0.05) is 26.1 Å². The lowest BCUT2D eigenvalue weighted by atomic mass is 10.1. The van der Waals surface area contributed by atoms with E-state index < -0.39 is 5.97 Å². The summed E-state index contributed by atoms with van der Waals surface area (Å²) in [7, 11) is 4.00. The number of hydrogen-bond acceptors (Lipinski definition) is 3. The maximum Gasteiger partial charge on any atom is 0.317 e. The molecule has 0 saturated carbocycles. The highest BCUT2D eigenvalue weighted by atomic mass is 16.4. The Kier molecular flexibility index (Phi) is 5.91. The lowest BCUT2D eigenvalue weighted by Crippen LogP contribution is -2.39. The van der Waals surface area contributed by atoms with Crippen LogP contribution in [0.5, 0.6) is 0 Å². The molecular formula is C12H23N3O3. The summed E-state index contributed by atoms with van der Waals surface area (Å²) in [6.45, 7) is 2.84. The molecular weight excluding hydrogens is 234 g/mol. The van der Waals surface area contributed by atoms with E-state index in [2.05, 4.69) is 10.2 Å². The number of carbonyl (C=O) groups is 2. The van der Waals surface area contributed by atoms with Gasteiger partial charge in [0.2, 0.25) is 0 Å². The third-order valence-electron chi connectivity index (χ3n) is 3.09. The van der Waals surface area contributed by atoms with Gasteiger partial charge in [0.1, 0.15) is 0 Å². The van der Waals surface area contributed by atoms with Crippen molar-refractivity contribution in [2.45, 2.75) is 19.3 Å². The number of aliphatic carboxylic acids is 1. The summed E-state index contributed by atoms with van der Waals surface area (Å²) in [6, 6.07) is -0.0679. The van der Waals surface area contributed by atoms with Crippen LogP contribution in [0.2, 0.25) is 0 Å². The van der Waals surface area contributed by atoms with E-state index in [9.17, 15) is 9.59 Å². The van der Waals surface area contributed by atoms with Crippen LogP contribution < -0.4 is 5.32 Å². The number of hydrogen-bond donors (Lipinski definition) is 2. The van der Waals surface area contributed by atoms with Crippen molar-refractivity contribution in [3.63, 3.8) is 0 Å². The molecule has 1 saturated heterocycles. The summed E-state index contributed by atoms with van der Waals surface area (Å²) in [5, 5.41) is 11.6. The van der Waals surface area contributed by atoms with Gasteiger partial charge in [-0.2, -0.15) is 0 Å². The molecule has 0 aromatic carbocycles. The summed E-state index contributed by atoms with van der Waals surface area (Å²) in [5.74, 6) is -0.678. The maximum absolute atomic E-state index is 11.8. The first kappa shape index (κ1) is 14.8. The van der Waals surface area contributed by atoms with E-state index in [4.69, 9.17) is 5.11 Å². The average molecular weight is 257 g/mol. The number of carbonyl (C=O) groups excluding carboxylic acids is 1. The molecule has 0 spiro atoms. The standard InChI is InChI=1S/C12H23N3O3/c1-14(2)6-3-5-13-12(18)15-7-4-10(9-15)8-11(16)17/h10H,3-9H2,1-2H3,(H,13,18)(H,16,17). The first-order chi connectivity index (χ1) is 8.49. The molecule has 2 amide bonds. The Hall–Kier alpha value is -1.30. The van der Waals surface area contributed by atoms with Crippen LogP contribution in [0.25, 0.3) is 0 Å². The molecule has 1 rings (SSSR count). The minimum Gasteiger partial charge on any atom is -0.481 e. The van der Waals surface area contributed by atoms with Crippen molar-refractivity contribution in [1.82, 2.24) is 15.1 Å². The van der Waals surface area contributed by atoms with Crippen molar-refractivity contribution in [1.29, 1.82) is 0 Å². The van der Waals surface area contributed by atoms with Gasteiger partial charge in [-0.1, -0.05) is 0 Å². The third kappa shape index (κ3) is 5.35. The van der Waals surface area contributed by atoms with Crippen LogP contribution in [0.4, 0.5) is 4.79 Å². The number of carboxylic acids is 1. The van der Waals surface area contributed by atoms with Crippen molar-refractivity contribution >= 4 is 12.0 Å². The van der Waals surface area contributed by atoms with Gasteiger partial charge in [0.05, 0.1) is 0 Å². The van der Waals surface area contributed by atoms with Crippen molar-refractivity contribution in [2.75, 3.05) is 40.3 Å². The fraction of sp³-hybridized carbons (Fsp3) is 0.833. The Morgan fingerprint density at radius 3 is 2.78 bits per heavy atom. The number of carboxylic acid groups (broad SMARTS) is 1. The SMILES string of the molecule is CN(C)CCCNC(=O)N1CCC(CC(=O)O)C1. The third-order valence-corrected chi connectivity index (χ3v) is 3.09. The van der Waals surface area contributed by atoms with Gasteiger partial charge in [-0.15, -0.1) is 0 Å². The smallest absolute Gasteiger partial charge is 0.317 e. The minimum atomic E-state index is -0.784. The first-order valence-electron chi connectivity index (χ1n) is 6.38. The lowest BCUT2D eigenvalue weighted by Gasteiger charge is -2.17. The minimum absolute atomic E-state index is 0.0679. The highest BCUT2D eigenvalue weighted by molar-refractivity contribution is 5.74. The Balaban J connectivity index is 2.17. The van der Waals surface area contributed by atoms with E-state index >= 15 is 0 Å². The topological polar surface area (TPSA) is 72.9 Å². The number of likely N-dealkylation sites (tertiary alicyclic amines) is 1. The summed E-state index contributed by atoms with van der Waals surface area (Å²) in [4.78, 5) is 26.1. The Bertz CT molecular complexity index is 294. The van der Waals surface area contributed by atoms with E-state index in [1.165, 1.54) is 0 Å². The molecule has 1 heterocycles. The number of nitrogens with zero attached hydrogens (tertiary/aromatic N) is 2. The zero-order valence-electron chi connectivity index (χ0n) is 11.2. The predicted octanol–water partition coefficient (Wildman–Crippen LogP) is 0.444. The highest BCUT2D eigenvalue weighted by Gasteiger charge is 2.27. The second-order valence-corrected chi connectivity index (χ2v) is 5.09. The monoisotopic (exact) mass is 257 g/mol. The number of urea groups is 1. The summed E-state index contributed by atoms with van der Waals surface area (Å²) >= 11 is 0. The lowest BCUT2D eigenvalue weighted by molar-refractivity contribution is -0.138. The van der Waals surface area contributed by atoms with Crippen LogP contribution in [-0.2, 0) is 4.79 Å². The van der Waals surface area contributed by atoms with Gasteiger partial charge in [0.25, 0.3) is 0 Å². The second-order valence-electron chi connectivity index (χ2n) is 5.09. The van der Waals surface area contributed by atoms with Crippen molar-refractivity contribution in [2.24, 2.45) is 5.92 Å². The van der Waals surface area contributed by atoms with Crippen LogP contribution in [-0.4, -0.2) is 67.2 Å². The summed E-state index contributed by atoms with van der Waals surface area (Å²) < 4.78 is 0. The zero-order valence-corrected chi connectivity index (χ0v) is 11.2. The van der Waals surface area contributed by atoms with Gasteiger partial charge >= 0.3 is 12.0 Å². The largest absolute Gasteiger partial charge is 0.481 e. The van der Waals surface area contributed by atoms with Gasteiger partial charge in [-0.3, -0.25) is 4.79 Å². The predicted molar refractivity (Wildman–Crippen MR) is 68.5 cm³/mol. The molecule has 0 radical (unpaired) electrons. The molecule has 1 unspecified atom stereocenters. The quantitative estimate of drug-likeness (QED) is 0.677. The fourth-order valence-corrected chi connectivity index (χ4v) is 2.13. The molecule has 1 atom stereocenters. The summed E-state index contributed by atoms with van der Waals surface area (Å²) in [5.41, 5.74) is 0. The van der Waals surface area contributed by atoms with Crippen LogP contribution in [0, 0.1) is 5.92 Å². The Morgan fingerprint density at radius 1 is 1.44 bits per heavy atom. The number of nitrogens with one attached hydrogen (secondary N) is 1. The van der Waals surface area contributed by atoms with Crippen LogP contribution in [0.1, 0.15) is 19.3 Å². The molecule has 1 aliphatic heterocycles. The van der Waals surface area contributed by atoms with Gasteiger partial charge in [-0.25, -0.2) is 4.79 Å². The first-order valence-corrected chi connectivity index (χ1v) is 6.38. The molecule has 2 N–H and O–H groups in total. The molecule has 0 aromatic rings. The van der Waals surface area contributed by atoms with Gasteiger partial charge < -0.3 is 20.2 Å². The van der Waals surface area contributed by atoms with Gasteiger partial charge in [-0.05, 0) is 39.4 Å². The van der Waals surface area contributed by atoms with E-state index in [1.54, 1.807) is 4.90 Å². The highest BCUT2D eigenvalue weighted by Crippen LogP contribution is 2.19. The van der Waals surface area contributed by atoms with Crippen LogP contribution >= 0.6 is 0 Å². The Morgan fingerprint density at radius 2 is 2.17 bits per heavy atom. The Labute approximate surface area is 108 Å². The van der Waals surface area contributed by atoms with E-state index in [1.807, 2.05) is 14.1 Å². The summed E-state index contributed by atoms with van der Waals surface area (Å²) in [6.07, 6.45) is 1.87. The molecule has 18 heavy (non-hydrogen) atoms. The molecule has 0 bridgehead atoms. The van der Waals surface area contributed by atoms with Gasteiger partial charge in [0.15, 0.2) is 0 Å². The molecule has 0 aliphatic carbocycles. The number of rotatable bonds is 6. The molecule has 104 valence electrons. The van der Waals surface area contributed by atoms with E-state index in [-0.39, 0.29) is 18.4 Å². The maximum atomic E-state index is 11.8. The van der Waals surface area contributed by atoms with Crippen molar-refractivity contribution in [3.05, 3.63) is 0 Å². The fourth-order valence-electron chi connectivity index (χ4n) is 2.13. The zero-order chi connectivity index (χ0) is 13.5. The van der Waals surface area contributed by atoms with Crippen LogP contribution in [0.15, 0.2) is 0 Å². The second kappa shape index (κ2) is 7.20. The van der Waals surface area contributed by atoms with Crippen molar-refractivity contribution in [3.8, 4) is 0 Å². The molecule has 6 heteroatoms. The molecule has 1 aliphatic rings. The average Bonchev–Trinajstić information content (AvgIpc) is 2.71.